The minimum Gasteiger partial charge on any atom is -0.394 e. The summed E-state index contributed by atoms with van der Waals surface area (Å²) in [5.74, 6) is 0. The predicted molar refractivity (Wildman–Crippen MR) is 78.4 cm³/mol. The minimum absolute atomic E-state index is 0.146. The molecule has 2 N–H and O–H groups in total. The molecule has 5 heteroatoms. The van der Waals surface area contributed by atoms with Crippen LogP contribution < -0.4 is 5.32 Å². The first-order valence-electron chi connectivity index (χ1n) is 7.84. The number of piperidine rings is 2. The monoisotopic (exact) mass is 278 g/mol. The Labute approximate surface area is 121 Å². The third-order valence-electron chi connectivity index (χ3n) is 4.95. The van der Waals surface area contributed by atoms with Gasteiger partial charge in [-0.15, -0.1) is 0 Å². The number of fused-ring (bicyclic) bond motifs is 2. The van der Waals surface area contributed by atoms with Gasteiger partial charge in [-0.05, 0) is 32.7 Å². The van der Waals surface area contributed by atoms with Crippen molar-refractivity contribution in [3.63, 3.8) is 0 Å². The number of rotatable bonds is 5. The Bertz CT molecular complexity index is 419. The van der Waals surface area contributed by atoms with Crippen LogP contribution in [0.15, 0.2) is 12.4 Å². The molecule has 3 rings (SSSR count). The highest BCUT2D eigenvalue weighted by Crippen LogP contribution is 2.32. The molecule has 2 aliphatic rings. The number of nitrogens with zero attached hydrogens (tertiary/aromatic N) is 3. The van der Waals surface area contributed by atoms with Crippen molar-refractivity contribution in [3.05, 3.63) is 18.0 Å². The van der Waals surface area contributed by atoms with Crippen LogP contribution in [-0.2, 0) is 13.1 Å². The van der Waals surface area contributed by atoms with Crippen LogP contribution in [0.1, 0.15) is 37.7 Å². The van der Waals surface area contributed by atoms with Crippen LogP contribution in [0.4, 0.5) is 0 Å². The van der Waals surface area contributed by atoms with Crippen molar-refractivity contribution in [3.8, 4) is 0 Å². The van der Waals surface area contributed by atoms with E-state index in [9.17, 15) is 0 Å². The first-order chi connectivity index (χ1) is 9.76. The molecule has 112 valence electrons. The van der Waals surface area contributed by atoms with Gasteiger partial charge in [0, 0.05) is 36.4 Å². The van der Waals surface area contributed by atoms with Crippen LogP contribution in [-0.4, -0.2) is 51.6 Å². The lowest BCUT2D eigenvalue weighted by Crippen LogP contribution is -2.54. The summed E-state index contributed by atoms with van der Waals surface area (Å²) < 4.78 is 1.81. The van der Waals surface area contributed by atoms with E-state index in [2.05, 4.69) is 22.4 Å². The molecule has 0 saturated carbocycles. The number of aromatic nitrogens is 2. The van der Waals surface area contributed by atoms with Gasteiger partial charge < -0.3 is 15.3 Å². The van der Waals surface area contributed by atoms with Crippen molar-refractivity contribution in [1.82, 2.24) is 20.0 Å². The van der Waals surface area contributed by atoms with E-state index >= 15 is 0 Å². The van der Waals surface area contributed by atoms with E-state index in [4.69, 9.17) is 5.11 Å². The van der Waals surface area contributed by atoms with Gasteiger partial charge in [0.15, 0.2) is 0 Å². The predicted octanol–water partition coefficient (Wildman–Crippen LogP) is 0.980. The maximum Gasteiger partial charge on any atom is 0.0640 e. The molecule has 2 aliphatic heterocycles. The minimum atomic E-state index is 0.146. The molecule has 2 bridgehead atoms. The summed E-state index contributed by atoms with van der Waals surface area (Å²) in [5, 5.41) is 16.8. The highest BCUT2D eigenvalue weighted by molar-refractivity contribution is 5.04. The van der Waals surface area contributed by atoms with Crippen LogP contribution in [0.25, 0.3) is 0 Å². The van der Waals surface area contributed by atoms with Gasteiger partial charge in [-0.2, -0.15) is 5.10 Å². The van der Waals surface area contributed by atoms with Crippen LogP contribution in [0.5, 0.6) is 0 Å². The summed E-state index contributed by atoms with van der Waals surface area (Å²) in [6.07, 6.45) is 10.6. The van der Waals surface area contributed by atoms with Crippen LogP contribution >= 0.6 is 0 Å². The van der Waals surface area contributed by atoms with Crippen molar-refractivity contribution in [2.45, 2.75) is 63.3 Å². The molecule has 1 aromatic heterocycles. The van der Waals surface area contributed by atoms with Gasteiger partial charge in [0.2, 0.25) is 0 Å². The van der Waals surface area contributed by atoms with Crippen LogP contribution in [0.2, 0.25) is 0 Å². The Kier molecular flexibility index (Phi) is 4.38. The first kappa shape index (κ1) is 14.0. The summed E-state index contributed by atoms with van der Waals surface area (Å²) in [7, 11) is 2.30. The lowest BCUT2D eigenvalue weighted by molar-refractivity contribution is 0.0482. The maximum absolute atomic E-state index is 8.90. The average Bonchev–Trinajstić information content (AvgIpc) is 2.85. The normalized spacial score (nSPS) is 30.6. The summed E-state index contributed by atoms with van der Waals surface area (Å²) in [6, 6.07) is 2.19. The zero-order valence-corrected chi connectivity index (χ0v) is 12.3. The fraction of sp³-hybridized carbons (Fsp3) is 0.800. The van der Waals surface area contributed by atoms with E-state index < -0.39 is 0 Å². The van der Waals surface area contributed by atoms with E-state index in [0.29, 0.717) is 12.6 Å². The fourth-order valence-corrected chi connectivity index (χ4v) is 3.77. The number of hydrogen-bond acceptors (Lipinski definition) is 4. The molecule has 20 heavy (non-hydrogen) atoms. The molecule has 5 nitrogen and oxygen atoms in total. The molecule has 0 amide bonds. The third-order valence-corrected chi connectivity index (χ3v) is 4.95. The van der Waals surface area contributed by atoms with Gasteiger partial charge in [0.25, 0.3) is 0 Å². The summed E-state index contributed by atoms with van der Waals surface area (Å²) in [5.41, 5.74) is 1.21. The standard InChI is InChI=1S/C15H26N4O/c1-18-14-3-2-4-15(18)8-13(7-14)16-9-12-10-17-19(11-12)5-6-20/h10-11,13-16,20H,2-9H2,1H3. The molecule has 0 radical (unpaired) electrons. The highest BCUT2D eigenvalue weighted by Gasteiger charge is 2.35. The topological polar surface area (TPSA) is 53.3 Å². The number of aliphatic hydroxyl groups is 1. The molecule has 0 spiro atoms. The Morgan fingerprint density at radius 1 is 1.35 bits per heavy atom. The lowest BCUT2D eigenvalue weighted by Gasteiger charge is -2.47. The molecule has 3 heterocycles. The van der Waals surface area contributed by atoms with Crippen molar-refractivity contribution < 1.29 is 5.11 Å². The summed E-state index contributed by atoms with van der Waals surface area (Å²) in [6.45, 7) is 1.62. The Hall–Kier alpha value is -0.910. The molecule has 0 aliphatic carbocycles. The Morgan fingerprint density at radius 2 is 2.10 bits per heavy atom. The van der Waals surface area contributed by atoms with Crippen LogP contribution in [0, 0.1) is 0 Å². The zero-order chi connectivity index (χ0) is 13.9. The SMILES string of the molecule is CN1C2CCCC1CC(NCc1cnn(CCO)c1)C2. The van der Waals surface area contributed by atoms with Gasteiger partial charge in [-0.3, -0.25) is 4.68 Å². The summed E-state index contributed by atoms with van der Waals surface area (Å²) >= 11 is 0. The second kappa shape index (κ2) is 6.24. The van der Waals surface area contributed by atoms with Crippen molar-refractivity contribution in [1.29, 1.82) is 0 Å². The third kappa shape index (κ3) is 3.05. The van der Waals surface area contributed by atoms with E-state index in [1.807, 2.05) is 12.4 Å². The molecule has 2 saturated heterocycles. The molecular weight excluding hydrogens is 252 g/mol. The molecule has 2 unspecified atom stereocenters. The smallest absolute Gasteiger partial charge is 0.0640 e. The average molecular weight is 278 g/mol. The highest BCUT2D eigenvalue weighted by atomic mass is 16.3. The second-order valence-corrected chi connectivity index (χ2v) is 6.29. The van der Waals surface area contributed by atoms with E-state index in [1.54, 1.807) is 4.68 Å². The first-order valence-corrected chi connectivity index (χ1v) is 7.84. The molecule has 0 aromatic carbocycles. The zero-order valence-electron chi connectivity index (χ0n) is 12.3. The van der Waals surface area contributed by atoms with Gasteiger partial charge in [-0.1, -0.05) is 6.42 Å². The van der Waals surface area contributed by atoms with Gasteiger partial charge in [0.05, 0.1) is 19.3 Å². The molecular formula is C15H26N4O. The molecule has 2 atom stereocenters. The van der Waals surface area contributed by atoms with E-state index in [0.717, 1.165) is 18.6 Å². The number of aliphatic hydroxyl groups excluding tert-OH is 1. The Balaban J connectivity index is 1.51. The molecule has 2 fully saturated rings. The second-order valence-electron chi connectivity index (χ2n) is 6.29. The quantitative estimate of drug-likeness (QED) is 0.843. The lowest BCUT2D eigenvalue weighted by atomic mass is 9.82. The van der Waals surface area contributed by atoms with Gasteiger partial charge >= 0.3 is 0 Å². The van der Waals surface area contributed by atoms with Crippen molar-refractivity contribution in [2.75, 3.05) is 13.7 Å². The maximum atomic E-state index is 8.90. The number of nitrogens with one attached hydrogen (secondary N) is 1. The summed E-state index contributed by atoms with van der Waals surface area (Å²) in [4.78, 5) is 2.60. The van der Waals surface area contributed by atoms with Gasteiger partial charge in [0.1, 0.15) is 0 Å². The number of hydrogen-bond donors (Lipinski definition) is 2. The van der Waals surface area contributed by atoms with E-state index in [-0.39, 0.29) is 6.61 Å². The van der Waals surface area contributed by atoms with Gasteiger partial charge in [-0.25, -0.2) is 0 Å². The fourth-order valence-electron chi connectivity index (χ4n) is 3.77. The Morgan fingerprint density at radius 3 is 2.80 bits per heavy atom. The van der Waals surface area contributed by atoms with Crippen molar-refractivity contribution in [2.24, 2.45) is 0 Å². The molecule has 1 aromatic rings. The largest absolute Gasteiger partial charge is 0.394 e. The van der Waals surface area contributed by atoms with Crippen LogP contribution in [0.3, 0.4) is 0 Å². The van der Waals surface area contributed by atoms with Crippen molar-refractivity contribution >= 4 is 0 Å². The van der Waals surface area contributed by atoms with E-state index in [1.165, 1.54) is 37.7 Å².